The average molecular weight is 404 g/mol. The van der Waals surface area contributed by atoms with Gasteiger partial charge in [0, 0.05) is 41.5 Å². The molecule has 4 aromatic rings. The standard InChI is InChI=1S/C21H17N4O3P/c26-20(16-5-4-12-22-15-16)24-17-8-10-18(11-9-17)25-14-13-23-21(25)29(27,28)19-6-2-1-3-7-19/h1-15H,(H,24,26)(H,27,28). The summed E-state index contributed by atoms with van der Waals surface area (Å²) in [5.74, 6) is -0.266. The minimum Gasteiger partial charge on any atom is -0.336 e. The lowest BCUT2D eigenvalue weighted by Crippen LogP contribution is -2.24. The number of carbonyl (C=O) groups is 1. The predicted octanol–water partition coefficient (Wildman–Crippen LogP) is 2.74. The minimum absolute atomic E-state index is 0.0656. The average Bonchev–Trinajstić information content (AvgIpc) is 3.26. The van der Waals surface area contributed by atoms with Gasteiger partial charge in [0.05, 0.1) is 5.56 Å². The third-order valence-electron chi connectivity index (χ3n) is 4.33. The zero-order chi connectivity index (χ0) is 20.3. The third-order valence-corrected chi connectivity index (χ3v) is 6.20. The van der Waals surface area contributed by atoms with Gasteiger partial charge in [0.2, 0.25) is 5.57 Å². The van der Waals surface area contributed by atoms with Crippen LogP contribution >= 0.6 is 7.37 Å². The predicted molar refractivity (Wildman–Crippen MR) is 111 cm³/mol. The van der Waals surface area contributed by atoms with E-state index < -0.39 is 7.37 Å². The Morgan fingerprint density at radius 1 is 0.966 bits per heavy atom. The highest BCUT2D eigenvalue weighted by molar-refractivity contribution is 7.73. The highest BCUT2D eigenvalue weighted by atomic mass is 31.2. The number of hydrogen-bond donors (Lipinski definition) is 2. The number of amides is 1. The molecule has 0 bridgehead atoms. The molecule has 2 aromatic carbocycles. The van der Waals surface area contributed by atoms with Crippen LogP contribution < -0.4 is 16.2 Å². The fourth-order valence-electron chi connectivity index (χ4n) is 2.87. The lowest BCUT2D eigenvalue weighted by atomic mass is 10.2. The van der Waals surface area contributed by atoms with Crippen molar-refractivity contribution in [2.45, 2.75) is 0 Å². The van der Waals surface area contributed by atoms with Crippen molar-refractivity contribution in [1.82, 2.24) is 14.5 Å². The van der Waals surface area contributed by atoms with Crippen molar-refractivity contribution in [2.75, 3.05) is 5.32 Å². The number of hydrogen-bond acceptors (Lipinski definition) is 4. The molecule has 0 spiro atoms. The van der Waals surface area contributed by atoms with Crippen LogP contribution in [-0.4, -0.2) is 25.3 Å². The summed E-state index contributed by atoms with van der Waals surface area (Å²) in [6.07, 6.45) is 6.21. The molecule has 0 radical (unpaired) electrons. The lowest BCUT2D eigenvalue weighted by molar-refractivity contribution is 0.102. The smallest absolute Gasteiger partial charge is 0.293 e. The van der Waals surface area contributed by atoms with Gasteiger partial charge in [0.15, 0.2) is 0 Å². The molecule has 2 aromatic heterocycles. The van der Waals surface area contributed by atoms with Crippen LogP contribution in [-0.2, 0) is 4.57 Å². The van der Waals surface area contributed by atoms with Crippen LogP contribution in [0.1, 0.15) is 10.4 Å². The SMILES string of the molecule is O=C(Nc1ccc(-n2ccnc2P(=O)(O)c2ccccc2)cc1)c1cccnc1. The van der Waals surface area contributed by atoms with Gasteiger partial charge in [0.25, 0.3) is 13.3 Å². The number of anilines is 1. The van der Waals surface area contributed by atoms with E-state index in [0.29, 0.717) is 22.2 Å². The van der Waals surface area contributed by atoms with Crippen LogP contribution in [0, 0.1) is 0 Å². The quantitative estimate of drug-likeness (QED) is 0.499. The number of nitrogens with one attached hydrogen (secondary N) is 1. The maximum absolute atomic E-state index is 13.1. The molecule has 0 aliphatic heterocycles. The fraction of sp³-hybridized carbons (Fsp3) is 0. The number of aromatic nitrogens is 3. The summed E-state index contributed by atoms with van der Waals surface area (Å²) in [4.78, 5) is 31.0. The number of pyridine rings is 1. The normalized spacial score (nSPS) is 12.9. The maximum Gasteiger partial charge on any atom is 0.293 e. The van der Waals surface area contributed by atoms with Crippen LogP contribution in [0.3, 0.4) is 0 Å². The molecule has 0 fully saturated rings. The second-order valence-corrected chi connectivity index (χ2v) is 8.32. The highest BCUT2D eigenvalue weighted by Gasteiger charge is 2.29. The molecule has 8 heteroatoms. The van der Waals surface area contributed by atoms with Crippen molar-refractivity contribution in [3.05, 3.63) is 97.1 Å². The Hall–Kier alpha value is -3.54. The maximum atomic E-state index is 13.1. The van der Waals surface area contributed by atoms with Crippen molar-refractivity contribution in [1.29, 1.82) is 0 Å². The largest absolute Gasteiger partial charge is 0.336 e. The van der Waals surface area contributed by atoms with Crippen molar-refractivity contribution in [3.8, 4) is 5.69 Å². The summed E-state index contributed by atoms with van der Waals surface area (Å²) < 4.78 is 14.6. The Balaban J connectivity index is 1.59. The molecular formula is C21H17N4O3P. The second-order valence-electron chi connectivity index (χ2n) is 6.25. The Bertz CT molecular complexity index is 1180. The molecule has 2 N–H and O–H groups in total. The van der Waals surface area contributed by atoms with E-state index >= 15 is 0 Å². The first-order chi connectivity index (χ1) is 14.1. The second kappa shape index (κ2) is 7.83. The van der Waals surface area contributed by atoms with Gasteiger partial charge in [-0.25, -0.2) is 4.98 Å². The topological polar surface area (TPSA) is 97.1 Å². The molecule has 0 aliphatic rings. The molecule has 0 saturated carbocycles. The van der Waals surface area contributed by atoms with E-state index in [4.69, 9.17) is 0 Å². The van der Waals surface area contributed by atoms with Crippen molar-refractivity contribution in [3.63, 3.8) is 0 Å². The van der Waals surface area contributed by atoms with Gasteiger partial charge in [0.1, 0.15) is 0 Å². The first-order valence-corrected chi connectivity index (χ1v) is 10.5. The van der Waals surface area contributed by atoms with Gasteiger partial charge in [-0.15, -0.1) is 0 Å². The Labute approximate surface area is 167 Å². The van der Waals surface area contributed by atoms with Gasteiger partial charge in [-0.05, 0) is 48.5 Å². The Morgan fingerprint density at radius 3 is 2.41 bits per heavy atom. The van der Waals surface area contributed by atoms with E-state index in [1.807, 2.05) is 0 Å². The van der Waals surface area contributed by atoms with E-state index in [-0.39, 0.29) is 11.5 Å². The molecule has 2 heterocycles. The van der Waals surface area contributed by atoms with Gasteiger partial charge < -0.3 is 10.2 Å². The van der Waals surface area contributed by atoms with Crippen LogP contribution in [0.5, 0.6) is 0 Å². The summed E-state index contributed by atoms with van der Waals surface area (Å²) in [5.41, 5.74) is 1.77. The minimum atomic E-state index is -3.85. The monoisotopic (exact) mass is 404 g/mol. The number of carbonyl (C=O) groups excluding carboxylic acids is 1. The van der Waals surface area contributed by atoms with Crippen molar-refractivity contribution >= 4 is 29.8 Å². The third kappa shape index (κ3) is 3.87. The summed E-state index contributed by atoms with van der Waals surface area (Å²) in [6.45, 7) is 0. The van der Waals surface area contributed by atoms with Crippen molar-refractivity contribution < 1.29 is 14.3 Å². The zero-order valence-electron chi connectivity index (χ0n) is 15.2. The van der Waals surface area contributed by atoms with E-state index in [2.05, 4.69) is 15.3 Å². The van der Waals surface area contributed by atoms with Crippen LogP contribution in [0.4, 0.5) is 5.69 Å². The fourth-order valence-corrected chi connectivity index (χ4v) is 4.38. The Morgan fingerprint density at radius 2 is 1.72 bits per heavy atom. The summed E-state index contributed by atoms with van der Waals surface area (Å²) in [6, 6.07) is 18.7. The molecule has 1 amide bonds. The first kappa shape index (κ1) is 18.8. The summed E-state index contributed by atoms with van der Waals surface area (Å²) in [5, 5.41) is 3.11. The molecule has 0 saturated heterocycles. The molecule has 0 aliphatic carbocycles. The first-order valence-electron chi connectivity index (χ1n) is 8.80. The van der Waals surface area contributed by atoms with E-state index in [0.717, 1.165) is 0 Å². The molecule has 29 heavy (non-hydrogen) atoms. The van der Waals surface area contributed by atoms with Crippen LogP contribution in [0.25, 0.3) is 5.69 Å². The van der Waals surface area contributed by atoms with E-state index in [9.17, 15) is 14.3 Å². The van der Waals surface area contributed by atoms with E-state index in [1.54, 1.807) is 83.7 Å². The number of benzene rings is 2. The van der Waals surface area contributed by atoms with E-state index in [1.165, 1.54) is 12.4 Å². The highest BCUT2D eigenvalue weighted by Crippen LogP contribution is 2.37. The molecule has 1 unspecified atom stereocenters. The molecule has 1 atom stereocenters. The summed E-state index contributed by atoms with van der Waals surface area (Å²) in [7, 11) is -3.85. The lowest BCUT2D eigenvalue weighted by Gasteiger charge is -2.14. The van der Waals surface area contributed by atoms with Crippen LogP contribution in [0.15, 0.2) is 91.5 Å². The Kier molecular flexibility index (Phi) is 5.08. The number of imidazole rings is 1. The van der Waals surface area contributed by atoms with Gasteiger partial charge in [-0.1, -0.05) is 18.2 Å². The summed E-state index contributed by atoms with van der Waals surface area (Å²) >= 11 is 0. The van der Waals surface area contributed by atoms with Gasteiger partial charge >= 0.3 is 0 Å². The molecular weight excluding hydrogens is 387 g/mol. The zero-order valence-corrected chi connectivity index (χ0v) is 16.1. The van der Waals surface area contributed by atoms with Gasteiger partial charge in [-0.3, -0.25) is 18.9 Å². The van der Waals surface area contributed by atoms with Crippen LogP contribution in [0.2, 0.25) is 0 Å². The van der Waals surface area contributed by atoms with Gasteiger partial charge in [-0.2, -0.15) is 0 Å². The molecule has 7 nitrogen and oxygen atoms in total. The van der Waals surface area contributed by atoms with Crippen molar-refractivity contribution in [2.24, 2.45) is 0 Å². The number of nitrogens with zero attached hydrogens (tertiary/aromatic N) is 3. The molecule has 4 rings (SSSR count). The molecule has 144 valence electrons. The number of rotatable bonds is 5.